The number of hydrogen-bond acceptors (Lipinski definition) is 3. The zero-order chi connectivity index (χ0) is 13.3. The molecule has 1 saturated heterocycles. The fourth-order valence-electron chi connectivity index (χ4n) is 3.02. The number of aliphatic hydroxyl groups is 1. The molecule has 6 nitrogen and oxygen atoms in total. The maximum atomic E-state index is 11.9. The first kappa shape index (κ1) is 13.1. The number of fused-ring (bicyclic) bond motifs is 1. The van der Waals surface area contributed by atoms with Crippen molar-refractivity contribution in [1.29, 1.82) is 0 Å². The minimum absolute atomic E-state index is 0.0743. The lowest BCUT2D eigenvalue weighted by atomic mass is 10.00. The summed E-state index contributed by atoms with van der Waals surface area (Å²) in [5.74, 6) is -0.317. The number of carbonyl (C=O) groups is 2. The van der Waals surface area contributed by atoms with Gasteiger partial charge in [-0.25, -0.2) is 4.79 Å². The lowest BCUT2D eigenvalue weighted by molar-refractivity contribution is -0.137. The highest BCUT2D eigenvalue weighted by molar-refractivity contribution is 5.76. The fraction of sp³-hybridized carbons (Fsp3) is 0.833. The second-order valence-corrected chi connectivity index (χ2v) is 5.42. The molecule has 0 bridgehead atoms. The Morgan fingerprint density at radius 1 is 1.39 bits per heavy atom. The normalized spacial score (nSPS) is 32.1. The summed E-state index contributed by atoms with van der Waals surface area (Å²) in [6.07, 6.45) is 1.44. The number of nitrogens with one attached hydrogen (secondary N) is 1. The Morgan fingerprint density at radius 3 is 2.72 bits per heavy atom. The van der Waals surface area contributed by atoms with E-state index in [9.17, 15) is 14.7 Å². The largest absolute Gasteiger partial charge is 0.481 e. The number of carboxylic acids is 1. The SMILES string of the molecule is CC(CC(=O)O)NC(=O)N1CC2CCC(O)C2C1. The average Bonchev–Trinajstić information content (AvgIpc) is 2.80. The summed E-state index contributed by atoms with van der Waals surface area (Å²) in [5.41, 5.74) is 0. The van der Waals surface area contributed by atoms with Crippen molar-refractivity contribution in [2.75, 3.05) is 13.1 Å². The van der Waals surface area contributed by atoms with Gasteiger partial charge in [-0.2, -0.15) is 0 Å². The molecule has 18 heavy (non-hydrogen) atoms. The van der Waals surface area contributed by atoms with Crippen molar-refractivity contribution in [3.8, 4) is 0 Å². The second kappa shape index (κ2) is 5.14. The molecule has 0 aromatic carbocycles. The van der Waals surface area contributed by atoms with Gasteiger partial charge in [-0.3, -0.25) is 4.79 Å². The predicted molar refractivity (Wildman–Crippen MR) is 64.0 cm³/mol. The van der Waals surface area contributed by atoms with Gasteiger partial charge in [0.25, 0.3) is 0 Å². The molecular weight excluding hydrogens is 236 g/mol. The number of carboxylic acid groups (broad SMARTS) is 1. The number of carbonyl (C=O) groups excluding carboxylic acids is 1. The Morgan fingerprint density at radius 2 is 2.11 bits per heavy atom. The number of amides is 2. The Balaban J connectivity index is 1.82. The van der Waals surface area contributed by atoms with E-state index in [1.165, 1.54) is 0 Å². The summed E-state index contributed by atoms with van der Waals surface area (Å²) in [5, 5.41) is 21.1. The molecule has 2 aliphatic rings. The Bertz CT molecular complexity index is 347. The van der Waals surface area contributed by atoms with Gasteiger partial charge < -0.3 is 20.4 Å². The highest BCUT2D eigenvalue weighted by Crippen LogP contribution is 2.37. The van der Waals surface area contributed by atoms with Gasteiger partial charge in [0.2, 0.25) is 0 Å². The molecule has 0 aromatic heterocycles. The van der Waals surface area contributed by atoms with Crippen LogP contribution in [0.25, 0.3) is 0 Å². The highest BCUT2D eigenvalue weighted by atomic mass is 16.4. The van der Waals surface area contributed by atoms with Gasteiger partial charge in [0, 0.05) is 25.0 Å². The number of urea groups is 1. The molecule has 0 spiro atoms. The molecule has 4 atom stereocenters. The summed E-state index contributed by atoms with van der Waals surface area (Å²) in [7, 11) is 0. The third-order valence-electron chi connectivity index (χ3n) is 3.96. The third-order valence-corrected chi connectivity index (χ3v) is 3.96. The third kappa shape index (κ3) is 2.75. The number of aliphatic hydroxyl groups excluding tert-OH is 1. The number of rotatable bonds is 3. The molecule has 2 fully saturated rings. The van der Waals surface area contributed by atoms with Gasteiger partial charge in [-0.1, -0.05) is 0 Å². The maximum Gasteiger partial charge on any atom is 0.317 e. The van der Waals surface area contributed by atoms with Gasteiger partial charge in [0.1, 0.15) is 0 Å². The number of hydrogen-bond donors (Lipinski definition) is 3. The van der Waals surface area contributed by atoms with Gasteiger partial charge in [0.15, 0.2) is 0 Å². The van der Waals surface area contributed by atoms with Gasteiger partial charge >= 0.3 is 12.0 Å². The van der Waals surface area contributed by atoms with Crippen molar-refractivity contribution in [2.45, 2.75) is 38.3 Å². The van der Waals surface area contributed by atoms with E-state index < -0.39 is 5.97 Å². The molecule has 1 saturated carbocycles. The van der Waals surface area contributed by atoms with Crippen molar-refractivity contribution < 1.29 is 19.8 Å². The molecule has 1 aliphatic heterocycles. The van der Waals surface area contributed by atoms with Gasteiger partial charge in [-0.15, -0.1) is 0 Å². The summed E-state index contributed by atoms with van der Waals surface area (Å²) >= 11 is 0. The van der Waals surface area contributed by atoms with E-state index in [1.807, 2.05) is 0 Å². The standard InChI is InChI=1S/C12H20N2O4/c1-7(4-11(16)17)13-12(18)14-5-8-2-3-10(15)9(8)6-14/h7-10,15H,2-6H2,1H3,(H,13,18)(H,16,17). The number of likely N-dealkylation sites (tertiary alicyclic amines) is 1. The average molecular weight is 256 g/mol. The van der Waals surface area contributed by atoms with Crippen LogP contribution >= 0.6 is 0 Å². The lowest BCUT2D eigenvalue weighted by Crippen LogP contribution is -2.44. The molecule has 102 valence electrons. The van der Waals surface area contributed by atoms with Crippen LogP contribution < -0.4 is 5.32 Å². The van der Waals surface area contributed by atoms with E-state index >= 15 is 0 Å². The van der Waals surface area contributed by atoms with Crippen LogP contribution in [0.1, 0.15) is 26.2 Å². The van der Waals surface area contributed by atoms with E-state index in [0.29, 0.717) is 19.0 Å². The van der Waals surface area contributed by atoms with Crippen LogP contribution in [0.3, 0.4) is 0 Å². The summed E-state index contributed by atoms with van der Waals surface area (Å²) in [6, 6.07) is -0.592. The fourth-order valence-corrected chi connectivity index (χ4v) is 3.02. The molecule has 3 N–H and O–H groups in total. The predicted octanol–water partition coefficient (Wildman–Crippen LogP) is 0.262. The highest BCUT2D eigenvalue weighted by Gasteiger charge is 2.43. The van der Waals surface area contributed by atoms with Crippen molar-refractivity contribution >= 4 is 12.0 Å². The minimum atomic E-state index is -0.920. The zero-order valence-corrected chi connectivity index (χ0v) is 10.5. The summed E-state index contributed by atoms with van der Waals surface area (Å²) in [4.78, 5) is 24.1. The van der Waals surface area contributed by atoms with E-state index in [2.05, 4.69) is 5.32 Å². The Kier molecular flexibility index (Phi) is 3.75. The summed E-state index contributed by atoms with van der Waals surface area (Å²) < 4.78 is 0. The molecule has 0 radical (unpaired) electrons. The van der Waals surface area contributed by atoms with Crippen LogP contribution in [-0.2, 0) is 4.79 Å². The monoisotopic (exact) mass is 256 g/mol. The van der Waals surface area contributed by atoms with Crippen LogP contribution in [0, 0.1) is 11.8 Å². The molecule has 1 aliphatic carbocycles. The first-order valence-corrected chi connectivity index (χ1v) is 6.42. The van der Waals surface area contributed by atoms with Crippen molar-refractivity contribution in [3.63, 3.8) is 0 Å². The van der Waals surface area contributed by atoms with Crippen LogP contribution in [0.2, 0.25) is 0 Å². The van der Waals surface area contributed by atoms with Crippen LogP contribution in [-0.4, -0.2) is 52.3 Å². The van der Waals surface area contributed by atoms with Crippen LogP contribution in [0.5, 0.6) is 0 Å². The molecule has 0 aromatic rings. The van der Waals surface area contributed by atoms with E-state index in [0.717, 1.165) is 12.8 Å². The Hall–Kier alpha value is -1.30. The maximum absolute atomic E-state index is 11.9. The quantitative estimate of drug-likeness (QED) is 0.675. The lowest BCUT2D eigenvalue weighted by Gasteiger charge is -2.21. The molecule has 2 amide bonds. The number of aliphatic carboxylic acids is 1. The smallest absolute Gasteiger partial charge is 0.317 e. The van der Waals surface area contributed by atoms with Gasteiger partial charge in [0.05, 0.1) is 12.5 Å². The first-order chi connectivity index (χ1) is 8.47. The summed E-state index contributed by atoms with van der Waals surface area (Å²) in [6.45, 7) is 2.93. The Labute approximate surface area is 106 Å². The first-order valence-electron chi connectivity index (χ1n) is 6.42. The molecule has 2 rings (SSSR count). The molecular formula is C12H20N2O4. The van der Waals surface area contributed by atoms with Crippen molar-refractivity contribution in [2.24, 2.45) is 11.8 Å². The second-order valence-electron chi connectivity index (χ2n) is 5.42. The van der Waals surface area contributed by atoms with E-state index in [-0.39, 0.29) is 30.5 Å². The molecule has 1 heterocycles. The van der Waals surface area contributed by atoms with Crippen LogP contribution in [0.15, 0.2) is 0 Å². The van der Waals surface area contributed by atoms with E-state index in [4.69, 9.17) is 5.11 Å². The van der Waals surface area contributed by atoms with Crippen molar-refractivity contribution in [3.05, 3.63) is 0 Å². The topological polar surface area (TPSA) is 89.9 Å². The molecule has 6 heteroatoms. The molecule has 4 unspecified atom stereocenters. The van der Waals surface area contributed by atoms with Crippen LogP contribution in [0.4, 0.5) is 4.79 Å². The van der Waals surface area contributed by atoms with Gasteiger partial charge in [-0.05, 0) is 25.7 Å². The minimum Gasteiger partial charge on any atom is -0.481 e. The van der Waals surface area contributed by atoms with E-state index in [1.54, 1.807) is 11.8 Å². The zero-order valence-electron chi connectivity index (χ0n) is 10.5. The van der Waals surface area contributed by atoms with Crippen molar-refractivity contribution in [1.82, 2.24) is 10.2 Å². The number of nitrogens with zero attached hydrogens (tertiary/aromatic N) is 1.